The molecule has 4 nitrogen and oxygen atoms in total. The van der Waals surface area contributed by atoms with Crippen molar-refractivity contribution in [3.8, 4) is 0 Å². The maximum Gasteiger partial charge on any atom is 0.471 e. The van der Waals surface area contributed by atoms with Crippen LogP contribution >= 0.6 is 0 Å². The number of hydrogen-bond acceptors (Lipinski definition) is 2. The third-order valence-corrected chi connectivity index (χ3v) is 2.87. The molecular weight excluding hydrogens is 297 g/mol. The standard InChI is InChI=1S/C15H19F3N2O2/c1-9(2)7-12(20-14(22)15(16,17)18)13(21)19-11-6-4-5-10(3)8-11/h4-6,8-9,12H,7H2,1-3H3,(H,19,21)(H,20,22)/t12-/m0/s1. The van der Waals surface area contributed by atoms with Gasteiger partial charge in [0.25, 0.3) is 0 Å². The molecule has 7 heteroatoms. The van der Waals surface area contributed by atoms with E-state index in [-0.39, 0.29) is 12.3 Å². The van der Waals surface area contributed by atoms with Gasteiger partial charge in [-0.25, -0.2) is 0 Å². The maximum absolute atomic E-state index is 12.3. The van der Waals surface area contributed by atoms with Crippen LogP contribution < -0.4 is 10.6 Å². The summed E-state index contributed by atoms with van der Waals surface area (Å²) in [5.41, 5.74) is 1.37. The summed E-state index contributed by atoms with van der Waals surface area (Å²) in [6.07, 6.45) is -4.90. The minimum atomic E-state index is -5.02. The van der Waals surface area contributed by atoms with Crippen LogP contribution in [0.25, 0.3) is 0 Å². The van der Waals surface area contributed by atoms with Crippen molar-refractivity contribution in [2.75, 3.05) is 5.32 Å². The number of nitrogens with one attached hydrogen (secondary N) is 2. The molecule has 1 rings (SSSR count). The van der Waals surface area contributed by atoms with Crippen LogP contribution in [-0.2, 0) is 9.59 Å². The average Bonchev–Trinajstić information content (AvgIpc) is 2.36. The first-order valence-electron chi connectivity index (χ1n) is 6.85. The monoisotopic (exact) mass is 316 g/mol. The van der Waals surface area contributed by atoms with Gasteiger partial charge < -0.3 is 10.6 Å². The largest absolute Gasteiger partial charge is 0.471 e. The van der Waals surface area contributed by atoms with Gasteiger partial charge in [0.2, 0.25) is 5.91 Å². The van der Waals surface area contributed by atoms with E-state index >= 15 is 0 Å². The lowest BCUT2D eigenvalue weighted by atomic mass is 10.0. The Morgan fingerprint density at radius 1 is 1.23 bits per heavy atom. The molecular formula is C15H19F3N2O2. The van der Waals surface area contributed by atoms with Crippen LogP contribution in [0.1, 0.15) is 25.8 Å². The van der Waals surface area contributed by atoms with Gasteiger partial charge in [0.15, 0.2) is 0 Å². The number of halogens is 3. The number of hydrogen-bond donors (Lipinski definition) is 2. The van der Waals surface area contributed by atoms with Gasteiger partial charge in [-0.2, -0.15) is 13.2 Å². The molecule has 0 unspecified atom stereocenters. The van der Waals surface area contributed by atoms with Gasteiger partial charge in [-0.15, -0.1) is 0 Å². The highest BCUT2D eigenvalue weighted by atomic mass is 19.4. The number of carbonyl (C=O) groups is 2. The van der Waals surface area contributed by atoms with Crippen molar-refractivity contribution in [2.24, 2.45) is 5.92 Å². The summed E-state index contributed by atoms with van der Waals surface area (Å²) in [4.78, 5) is 23.2. The summed E-state index contributed by atoms with van der Waals surface area (Å²) in [6, 6.07) is 5.62. The Hall–Kier alpha value is -2.05. The Labute approximate surface area is 127 Å². The highest BCUT2D eigenvalue weighted by Gasteiger charge is 2.40. The van der Waals surface area contributed by atoms with E-state index in [0.717, 1.165) is 5.56 Å². The molecule has 2 N–H and O–H groups in total. The summed E-state index contributed by atoms with van der Waals surface area (Å²) in [6.45, 7) is 5.34. The minimum Gasteiger partial charge on any atom is -0.336 e. The molecule has 22 heavy (non-hydrogen) atoms. The SMILES string of the molecule is Cc1cccc(NC(=O)[C@H](CC(C)C)NC(=O)C(F)(F)F)c1. The highest BCUT2D eigenvalue weighted by Crippen LogP contribution is 2.17. The molecule has 1 aromatic carbocycles. The number of alkyl halides is 3. The van der Waals surface area contributed by atoms with Crippen LogP contribution in [0.4, 0.5) is 18.9 Å². The van der Waals surface area contributed by atoms with Crippen molar-refractivity contribution in [1.82, 2.24) is 5.32 Å². The first-order valence-corrected chi connectivity index (χ1v) is 6.85. The number of carbonyl (C=O) groups excluding carboxylic acids is 2. The Balaban J connectivity index is 2.82. The quantitative estimate of drug-likeness (QED) is 0.877. The lowest BCUT2D eigenvalue weighted by Gasteiger charge is -2.21. The van der Waals surface area contributed by atoms with Crippen molar-refractivity contribution in [3.63, 3.8) is 0 Å². The van der Waals surface area contributed by atoms with Crippen molar-refractivity contribution < 1.29 is 22.8 Å². The fourth-order valence-electron chi connectivity index (χ4n) is 1.90. The first-order chi connectivity index (χ1) is 10.1. The van der Waals surface area contributed by atoms with Crippen molar-refractivity contribution >= 4 is 17.5 Å². The van der Waals surface area contributed by atoms with E-state index in [4.69, 9.17) is 0 Å². The van der Waals surface area contributed by atoms with Crippen LogP contribution in [0.15, 0.2) is 24.3 Å². The lowest BCUT2D eigenvalue weighted by Crippen LogP contribution is -2.49. The molecule has 0 fully saturated rings. The van der Waals surface area contributed by atoms with E-state index in [1.165, 1.54) is 0 Å². The second-order valence-corrected chi connectivity index (χ2v) is 5.51. The third-order valence-electron chi connectivity index (χ3n) is 2.87. The molecule has 0 aromatic heterocycles. The summed E-state index contributed by atoms with van der Waals surface area (Å²) < 4.78 is 37.0. The Bertz CT molecular complexity index is 542. The van der Waals surface area contributed by atoms with Crippen molar-refractivity contribution in [3.05, 3.63) is 29.8 Å². The zero-order valence-electron chi connectivity index (χ0n) is 12.6. The lowest BCUT2D eigenvalue weighted by molar-refractivity contribution is -0.174. The normalized spacial score (nSPS) is 12.9. The molecule has 2 amide bonds. The molecule has 0 spiro atoms. The molecule has 0 saturated heterocycles. The van der Waals surface area contributed by atoms with E-state index in [9.17, 15) is 22.8 Å². The van der Waals surface area contributed by atoms with E-state index in [2.05, 4.69) is 5.32 Å². The van der Waals surface area contributed by atoms with Gasteiger partial charge >= 0.3 is 12.1 Å². The molecule has 0 bridgehead atoms. The Kier molecular flexibility index (Phi) is 5.96. The van der Waals surface area contributed by atoms with Gasteiger partial charge in [-0.1, -0.05) is 26.0 Å². The molecule has 1 aromatic rings. The zero-order chi connectivity index (χ0) is 16.9. The molecule has 1 atom stereocenters. The van der Waals surface area contributed by atoms with Gasteiger partial charge in [-0.3, -0.25) is 9.59 Å². The summed E-state index contributed by atoms with van der Waals surface area (Å²) in [5.74, 6) is -2.84. The molecule has 0 aliphatic rings. The van der Waals surface area contributed by atoms with E-state index in [1.54, 1.807) is 37.4 Å². The fraction of sp³-hybridized carbons (Fsp3) is 0.467. The van der Waals surface area contributed by atoms with E-state index < -0.39 is 24.0 Å². The van der Waals surface area contributed by atoms with Crippen molar-refractivity contribution in [2.45, 2.75) is 39.4 Å². The maximum atomic E-state index is 12.3. The smallest absolute Gasteiger partial charge is 0.336 e. The summed E-state index contributed by atoms with van der Waals surface area (Å²) >= 11 is 0. The number of amides is 2. The summed E-state index contributed by atoms with van der Waals surface area (Å²) in [7, 11) is 0. The summed E-state index contributed by atoms with van der Waals surface area (Å²) in [5, 5.41) is 4.27. The zero-order valence-corrected chi connectivity index (χ0v) is 12.6. The topological polar surface area (TPSA) is 58.2 Å². The second kappa shape index (κ2) is 7.29. The Morgan fingerprint density at radius 3 is 2.36 bits per heavy atom. The van der Waals surface area contributed by atoms with Gasteiger partial charge in [0.1, 0.15) is 6.04 Å². The van der Waals surface area contributed by atoms with Crippen molar-refractivity contribution in [1.29, 1.82) is 0 Å². The van der Waals surface area contributed by atoms with Gasteiger partial charge in [0.05, 0.1) is 0 Å². The molecule has 0 aliphatic heterocycles. The minimum absolute atomic E-state index is 0.0539. The fourth-order valence-corrected chi connectivity index (χ4v) is 1.90. The second-order valence-electron chi connectivity index (χ2n) is 5.51. The highest BCUT2D eigenvalue weighted by molar-refractivity contribution is 5.97. The molecule has 0 radical (unpaired) electrons. The average molecular weight is 316 g/mol. The molecule has 0 heterocycles. The number of aryl methyl sites for hydroxylation is 1. The Morgan fingerprint density at radius 2 is 1.86 bits per heavy atom. The molecule has 0 saturated carbocycles. The van der Waals surface area contributed by atoms with Crippen LogP contribution in [0.5, 0.6) is 0 Å². The van der Waals surface area contributed by atoms with E-state index in [1.807, 2.05) is 13.0 Å². The van der Waals surface area contributed by atoms with Crippen LogP contribution in [0.2, 0.25) is 0 Å². The van der Waals surface area contributed by atoms with Crippen LogP contribution in [0, 0.1) is 12.8 Å². The molecule has 0 aliphatic carbocycles. The third kappa shape index (κ3) is 5.75. The van der Waals surface area contributed by atoms with Crippen LogP contribution in [-0.4, -0.2) is 24.0 Å². The number of benzene rings is 1. The first kappa shape index (κ1) is 18.0. The van der Waals surface area contributed by atoms with E-state index in [0.29, 0.717) is 5.69 Å². The van der Waals surface area contributed by atoms with Crippen LogP contribution in [0.3, 0.4) is 0 Å². The number of rotatable bonds is 5. The predicted octanol–water partition coefficient (Wildman–Crippen LogP) is 3.03. The number of anilines is 1. The predicted molar refractivity (Wildman–Crippen MR) is 77.2 cm³/mol. The van der Waals surface area contributed by atoms with Gasteiger partial charge in [0, 0.05) is 5.69 Å². The molecule has 122 valence electrons. The van der Waals surface area contributed by atoms with Gasteiger partial charge in [-0.05, 0) is 37.0 Å².